The number of hydrogen-bond acceptors (Lipinski definition) is 2. The van der Waals surface area contributed by atoms with Crippen molar-refractivity contribution in [2.24, 2.45) is 23.7 Å². The van der Waals surface area contributed by atoms with Crippen LogP contribution in [0.15, 0.2) is 192 Å². The maximum Gasteiger partial charge on any atom is 0.143 e. The number of para-hydroxylation sites is 1. The molecule has 4 saturated carbocycles. The lowest BCUT2D eigenvalue weighted by Gasteiger charge is -2.61. The van der Waals surface area contributed by atoms with Crippen molar-refractivity contribution < 1.29 is 4.42 Å². The molecule has 4 bridgehead atoms. The summed E-state index contributed by atoms with van der Waals surface area (Å²) in [7, 11) is 0. The van der Waals surface area contributed by atoms with Gasteiger partial charge in [0.05, 0.1) is 11.1 Å². The van der Waals surface area contributed by atoms with Gasteiger partial charge in [0.15, 0.2) is 0 Å². The number of fused-ring (bicyclic) bond motifs is 6. The Bertz CT molecular complexity index is 2970. The van der Waals surface area contributed by atoms with Crippen LogP contribution in [0.5, 0.6) is 0 Å². The monoisotopic (exact) mass is 771 g/mol. The third kappa shape index (κ3) is 5.00. The fraction of sp³-hybridized carbons (Fsp3) is 0.172. The van der Waals surface area contributed by atoms with Gasteiger partial charge in [-0.1, -0.05) is 146 Å². The SMILES string of the molecule is c1ccc(-c2ccc(N(c3ccc(-c4ccccc4)cc3)c3cccc4oc5c(-c6ccc7c(c6)-c6ccccc6C76C7CC8CC(C7)CC6C8)cccc5c34)cc2)cc1. The summed E-state index contributed by atoms with van der Waals surface area (Å²) in [5, 5.41) is 2.25. The zero-order valence-electron chi connectivity index (χ0n) is 33.6. The molecule has 4 fully saturated rings. The Kier molecular flexibility index (Phi) is 7.52. The second-order valence-electron chi connectivity index (χ2n) is 18.1. The van der Waals surface area contributed by atoms with Gasteiger partial charge in [-0.15, -0.1) is 0 Å². The molecule has 0 atom stereocenters. The van der Waals surface area contributed by atoms with E-state index in [1.165, 1.54) is 71.0 Å². The van der Waals surface area contributed by atoms with Crippen LogP contribution < -0.4 is 4.90 Å². The molecule has 9 aromatic rings. The number of benzene rings is 8. The molecule has 0 N–H and O–H groups in total. The first kappa shape index (κ1) is 34.2. The minimum absolute atomic E-state index is 0.167. The van der Waals surface area contributed by atoms with Crippen molar-refractivity contribution in [1.82, 2.24) is 0 Å². The Balaban J connectivity index is 0.956. The quantitative estimate of drug-likeness (QED) is 0.167. The molecule has 0 aliphatic heterocycles. The molecular formula is C58H45NO. The van der Waals surface area contributed by atoms with E-state index in [0.29, 0.717) is 0 Å². The minimum atomic E-state index is 0.167. The van der Waals surface area contributed by atoms with Crippen molar-refractivity contribution in [1.29, 1.82) is 0 Å². The van der Waals surface area contributed by atoms with Gasteiger partial charge < -0.3 is 9.32 Å². The molecule has 5 aliphatic rings. The van der Waals surface area contributed by atoms with Gasteiger partial charge in [0.2, 0.25) is 0 Å². The van der Waals surface area contributed by atoms with E-state index in [0.717, 1.165) is 68.2 Å². The fourth-order valence-corrected chi connectivity index (χ4v) is 12.9. The molecular weight excluding hydrogens is 727 g/mol. The lowest BCUT2D eigenvalue weighted by atomic mass is 9.43. The first-order valence-electron chi connectivity index (χ1n) is 22.0. The molecule has 0 amide bonds. The summed E-state index contributed by atoms with van der Waals surface area (Å²) < 4.78 is 7.00. The van der Waals surface area contributed by atoms with Crippen LogP contribution in [0, 0.1) is 23.7 Å². The molecule has 0 saturated heterocycles. The van der Waals surface area contributed by atoms with Gasteiger partial charge >= 0.3 is 0 Å². The van der Waals surface area contributed by atoms with Crippen molar-refractivity contribution in [2.45, 2.75) is 37.5 Å². The molecule has 0 unspecified atom stereocenters. The molecule has 5 aliphatic carbocycles. The third-order valence-corrected chi connectivity index (χ3v) is 15.1. The lowest BCUT2D eigenvalue weighted by molar-refractivity contribution is -0.0399. The number of rotatable bonds is 6. The second-order valence-corrected chi connectivity index (χ2v) is 18.1. The van der Waals surface area contributed by atoms with E-state index < -0.39 is 0 Å². The third-order valence-electron chi connectivity index (χ3n) is 15.1. The molecule has 1 spiro atoms. The predicted octanol–water partition coefficient (Wildman–Crippen LogP) is 15.8. The normalized spacial score (nSPS) is 22.1. The maximum atomic E-state index is 7.00. The summed E-state index contributed by atoms with van der Waals surface area (Å²) in [6.07, 6.45) is 7.06. The van der Waals surface area contributed by atoms with E-state index in [1.807, 2.05) is 0 Å². The van der Waals surface area contributed by atoms with E-state index in [-0.39, 0.29) is 5.41 Å². The average Bonchev–Trinajstić information content (AvgIpc) is 3.83. The molecule has 1 heterocycles. The number of hydrogen-bond donors (Lipinski definition) is 0. The highest BCUT2D eigenvalue weighted by molar-refractivity contribution is 6.16. The summed E-state index contributed by atoms with van der Waals surface area (Å²) in [6.45, 7) is 0. The Labute approximate surface area is 351 Å². The zero-order chi connectivity index (χ0) is 39.4. The van der Waals surface area contributed by atoms with E-state index >= 15 is 0 Å². The molecule has 0 radical (unpaired) electrons. The van der Waals surface area contributed by atoms with Crippen LogP contribution >= 0.6 is 0 Å². The molecule has 14 rings (SSSR count). The molecule has 2 nitrogen and oxygen atoms in total. The van der Waals surface area contributed by atoms with Gasteiger partial charge in [0.25, 0.3) is 0 Å². The van der Waals surface area contributed by atoms with E-state index in [1.54, 1.807) is 11.1 Å². The van der Waals surface area contributed by atoms with Gasteiger partial charge in [-0.2, -0.15) is 0 Å². The summed E-state index contributed by atoms with van der Waals surface area (Å²) in [4.78, 5) is 2.39. The Morgan fingerprint density at radius 3 is 1.60 bits per heavy atom. The highest BCUT2D eigenvalue weighted by atomic mass is 16.3. The Morgan fingerprint density at radius 2 is 0.950 bits per heavy atom. The van der Waals surface area contributed by atoms with Crippen LogP contribution in [0.2, 0.25) is 0 Å². The smallest absolute Gasteiger partial charge is 0.143 e. The van der Waals surface area contributed by atoms with Crippen molar-refractivity contribution in [3.8, 4) is 44.5 Å². The average molecular weight is 772 g/mol. The van der Waals surface area contributed by atoms with Crippen molar-refractivity contribution >= 4 is 39.0 Å². The van der Waals surface area contributed by atoms with Crippen LogP contribution in [0.3, 0.4) is 0 Å². The summed E-state index contributed by atoms with van der Waals surface area (Å²) in [6, 6.07) is 69.3. The van der Waals surface area contributed by atoms with E-state index in [4.69, 9.17) is 4.42 Å². The van der Waals surface area contributed by atoms with Crippen LogP contribution in [0.1, 0.15) is 43.2 Å². The number of anilines is 3. The standard InChI is InChI=1S/C58H45NO/c1-3-11-39(12-4-1)41-21-26-46(27-22-41)59(47-28-23-42(24-29-47)40-13-5-2-6-14-40)54-19-10-20-55-56(54)50-17-9-16-48(57(50)60-55)43-25-30-53-51(36-43)49-15-7-8-18-52(49)58(53)44-32-37-31-38(34-44)35-45(58)33-37/h1-30,36-38,44-45H,31-35H2. The van der Waals surface area contributed by atoms with Crippen molar-refractivity contribution in [3.05, 3.63) is 199 Å². The molecule has 60 heavy (non-hydrogen) atoms. The first-order chi connectivity index (χ1) is 29.7. The van der Waals surface area contributed by atoms with Crippen LogP contribution in [0.4, 0.5) is 17.1 Å². The highest BCUT2D eigenvalue weighted by Gasteiger charge is 2.61. The first-order valence-corrected chi connectivity index (χ1v) is 22.0. The van der Waals surface area contributed by atoms with Crippen LogP contribution in [0.25, 0.3) is 66.4 Å². The number of furan rings is 1. The zero-order valence-corrected chi connectivity index (χ0v) is 33.6. The highest BCUT2D eigenvalue weighted by Crippen LogP contribution is 2.69. The second kappa shape index (κ2) is 13.2. The molecule has 2 heteroatoms. The predicted molar refractivity (Wildman–Crippen MR) is 248 cm³/mol. The van der Waals surface area contributed by atoms with Gasteiger partial charge in [0, 0.05) is 27.7 Å². The molecule has 8 aromatic carbocycles. The van der Waals surface area contributed by atoms with Gasteiger partial charge in [0.1, 0.15) is 11.2 Å². The minimum Gasteiger partial charge on any atom is -0.455 e. The largest absolute Gasteiger partial charge is 0.455 e. The number of nitrogens with zero attached hydrogens (tertiary/aromatic N) is 1. The fourth-order valence-electron chi connectivity index (χ4n) is 12.9. The lowest BCUT2D eigenvalue weighted by Crippen LogP contribution is -2.55. The molecule has 1 aromatic heterocycles. The van der Waals surface area contributed by atoms with Crippen molar-refractivity contribution in [3.63, 3.8) is 0 Å². The van der Waals surface area contributed by atoms with Gasteiger partial charge in [-0.05, 0) is 148 Å². The van der Waals surface area contributed by atoms with E-state index in [9.17, 15) is 0 Å². The van der Waals surface area contributed by atoms with Crippen LogP contribution in [-0.4, -0.2) is 0 Å². The summed E-state index contributed by atoms with van der Waals surface area (Å²) >= 11 is 0. The Morgan fingerprint density at radius 1 is 0.417 bits per heavy atom. The van der Waals surface area contributed by atoms with Crippen molar-refractivity contribution in [2.75, 3.05) is 4.90 Å². The van der Waals surface area contributed by atoms with Gasteiger partial charge in [-0.25, -0.2) is 0 Å². The van der Waals surface area contributed by atoms with Gasteiger partial charge in [-0.3, -0.25) is 0 Å². The van der Waals surface area contributed by atoms with Crippen LogP contribution in [-0.2, 0) is 5.41 Å². The Hall–Kier alpha value is -6.64. The summed E-state index contributed by atoms with van der Waals surface area (Å²) in [5.41, 5.74) is 18.5. The summed E-state index contributed by atoms with van der Waals surface area (Å²) in [5.74, 6) is 3.38. The molecule has 288 valence electrons. The maximum absolute atomic E-state index is 7.00. The van der Waals surface area contributed by atoms with E-state index in [2.05, 4.69) is 193 Å². The topological polar surface area (TPSA) is 16.4 Å².